The predicted octanol–water partition coefficient (Wildman–Crippen LogP) is 14.4. The van der Waals surface area contributed by atoms with Crippen molar-refractivity contribution < 1.29 is 25.0 Å². The molecule has 0 aliphatic rings. The number of benzene rings is 10. The fraction of sp³-hybridized carbons (Fsp3) is 0. The summed E-state index contributed by atoms with van der Waals surface area (Å²) in [6.07, 6.45) is 0. The Morgan fingerprint density at radius 2 is 1.00 bits per heavy atom. The lowest BCUT2D eigenvalue weighted by atomic mass is 9.85. The Morgan fingerprint density at radius 1 is 0.373 bits per heavy atom. The highest BCUT2D eigenvalue weighted by Gasteiger charge is 2.18. The summed E-state index contributed by atoms with van der Waals surface area (Å²) >= 11 is 0. The van der Waals surface area contributed by atoms with Gasteiger partial charge in [-0.15, -0.1) is 0 Å². The van der Waals surface area contributed by atoms with Crippen molar-refractivity contribution in [2.75, 3.05) is 0 Å². The molecule has 0 aliphatic carbocycles. The molecule has 11 aromatic rings. The Morgan fingerprint density at radius 3 is 1.78 bits per heavy atom. The van der Waals surface area contributed by atoms with Crippen molar-refractivity contribution in [3.8, 4) is 33.4 Å². The number of furan rings is 1. The van der Waals surface area contributed by atoms with Crippen LogP contribution in [0, 0.1) is 0 Å². The second-order valence-corrected chi connectivity index (χ2v) is 12.5. The minimum atomic E-state index is -0.737. The van der Waals surface area contributed by atoms with Crippen LogP contribution in [-0.4, -0.2) is 0 Å². The summed E-state index contributed by atoms with van der Waals surface area (Å²) < 4.78 is 141. The molecular weight excluding hydrogens is 617 g/mol. The van der Waals surface area contributed by atoms with Gasteiger partial charge in [0.2, 0.25) is 0 Å². The van der Waals surface area contributed by atoms with Crippen LogP contribution in [0.25, 0.3) is 109 Å². The first-order valence-electron chi connectivity index (χ1n) is 23.9. The summed E-state index contributed by atoms with van der Waals surface area (Å²) in [5.74, 6) is 0. The monoisotopic (exact) mass is 661 g/mol. The standard InChI is InChI=1S/C50H30O/c1-2-12-34-28-36(24-21-31(34)10-1)47-41-14-5-7-16-43(41)48(44-17-8-6-15-42(44)47)37-25-22-32-20-23-35(29-38(32)30-37)40-18-9-19-45-50(40)49-39-13-4-3-11-33(39)26-27-46(49)51-45/h1-30H/i1D,2D,5D,6D,7D,8D,10D,12D,14D,15D,16D,17D,21D,24D,28D. The van der Waals surface area contributed by atoms with Gasteiger partial charge in [-0.2, -0.15) is 0 Å². The zero-order chi connectivity index (χ0) is 46.5. The zero-order valence-electron chi connectivity index (χ0n) is 41.6. The van der Waals surface area contributed by atoms with Crippen molar-refractivity contribution in [1.29, 1.82) is 0 Å². The van der Waals surface area contributed by atoms with Gasteiger partial charge in [-0.05, 0) is 118 Å². The van der Waals surface area contributed by atoms with Gasteiger partial charge in [0.25, 0.3) is 0 Å². The molecule has 0 fully saturated rings. The molecule has 236 valence electrons. The number of hydrogen-bond donors (Lipinski definition) is 0. The van der Waals surface area contributed by atoms with Crippen LogP contribution in [0.3, 0.4) is 0 Å². The Hall–Kier alpha value is -6.70. The van der Waals surface area contributed by atoms with Crippen LogP contribution in [0.4, 0.5) is 0 Å². The molecule has 0 atom stereocenters. The van der Waals surface area contributed by atoms with Crippen LogP contribution in [0.2, 0.25) is 0 Å². The normalized spacial score (nSPS) is 16.0. The fourth-order valence-corrected chi connectivity index (χ4v) is 7.47. The first kappa shape index (κ1) is 17.3. The van der Waals surface area contributed by atoms with E-state index in [-0.39, 0.29) is 32.7 Å². The van der Waals surface area contributed by atoms with E-state index in [1.165, 1.54) is 0 Å². The van der Waals surface area contributed by atoms with Gasteiger partial charge in [-0.25, -0.2) is 0 Å². The van der Waals surface area contributed by atoms with E-state index in [2.05, 4.69) is 6.07 Å². The molecule has 1 heteroatoms. The SMILES string of the molecule is [2H]c1c([2H])c([2H])c2c([2H])c(-c3c4c([2H])c([2H])c([2H])c([2H])c4c(-c4ccc5ccc(-c6cccc7oc8ccc9ccccc9c8c67)cc5c4)c4c([2H])c([2H])c([2H])c([2H])c34)c([2H])c([2H])c2c1[2H]. The molecule has 0 N–H and O–H groups in total. The molecule has 11 rings (SSSR count). The summed E-state index contributed by atoms with van der Waals surface area (Å²) in [5, 5.41) is 3.68. The van der Waals surface area contributed by atoms with E-state index in [0.717, 1.165) is 43.6 Å². The van der Waals surface area contributed by atoms with Gasteiger partial charge in [0.05, 0.1) is 20.6 Å². The second-order valence-electron chi connectivity index (χ2n) is 12.5. The van der Waals surface area contributed by atoms with Crippen LogP contribution in [-0.2, 0) is 0 Å². The minimum absolute atomic E-state index is 0.0383. The number of hydrogen-bond acceptors (Lipinski definition) is 1. The van der Waals surface area contributed by atoms with Gasteiger partial charge in [0.1, 0.15) is 11.2 Å². The molecule has 0 aliphatic heterocycles. The molecular formula is C50H30O. The maximum atomic E-state index is 9.49. The van der Waals surface area contributed by atoms with Crippen LogP contribution < -0.4 is 0 Å². The molecule has 1 heterocycles. The van der Waals surface area contributed by atoms with E-state index < -0.39 is 107 Å². The van der Waals surface area contributed by atoms with Crippen molar-refractivity contribution in [3.05, 3.63) is 182 Å². The lowest BCUT2D eigenvalue weighted by Gasteiger charge is -2.18. The van der Waals surface area contributed by atoms with Crippen LogP contribution in [0.1, 0.15) is 20.6 Å². The van der Waals surface area contributed by atoms with Crippen LogP contribution >= 0.6 is 0 Å². The summed E-state index contributed by atoms with van der Waals surface area (Å²) in [6.45, 7) is 0. The van der Waals surface area contributed by atoms with Crippen molar-refractivity contribution in [2.24, 2.45) is 0 Å². The average molecular weight is 662 g/mol. The maximum Gasteiger partial charge on any atom is 0.136 e. The third-order valence-electron chi connectivity index (χ3n) is 9.70. The van der Waals surface area contributed by atoms with E-state index >= 15 is 0 Å². The average Bonchev–Trinajstić information content (AvgIpc) is 3.72. The topological polar surface area (TPSA) is 13.1 Å². The summed E-state index contributed by atoms with van der Waals surface area (Å²) in [7, 11) is 0. The molecule has 1 aromatic heterocycles. The Kier molecular flexibility index (Phi) is 3.70. The fourth-order valence-electron chi connectivity index (χ4n) is 7.47. The Balaban J connectivity index is 1.28. The van der Waals surface area contributed by atoms with Gasteiger partial charge in [0, 0.05) is 10.8 Å². The van der Waals surface area contributed by atoms with Crippen molar-refractivity contribution >= 4 is 75.8 Å². The maximum absolute atomic E-state index is 9.49. The number of rotatable bonds is 3. The van der Waals surface area contributed by atoms with Crippen molar-refractivity contribution in [2.45, 2.75) is 0 Å². The third kappa shape index (κ3) is 4.28. The molecule has 0 saturated heterocycles. The van der Waals surface area contributed by atoms with Crippen molar-refractivity contribution in [3.63, 3.8) is 0 Å². The molecule has 10 aromatic carbocycles. The summed E-state index contributed by atoms with van der Waals surface area (Å²) in [6, 6.07) is 19.2. The quantitative estimate of drug-likeness (QED) is 0.172. The first-order valence-corrected chi connectivity index (χ1v) is 16.4. The zero-order valence-corrected chi connectivity index (χ0v) is 26.6. The Labute approximate surface area is 315 Å². The van der Waals surface area contributed by atoms with Crippen LogP contribution in [0.15, 0.2) is 186 Å². The molecule has 0 unspecified atom stereocenters. The first-order chi connectivity index (χ1) is 31.5. The molecule has 0 saturated carbocycles. The number of fused-ring (bicyclic) bond motifs is 9. The van der Waals surface area contributed by atoms with Crippen molar-refractivity contribution in [1.82, 2.24) is 0 Å². The smallest absolute Gasteiger partial charge is 0.136 e. The van der Waals surface area contributed by atoms with E-state index in [9.17, 15) is 8.22 Å². The largest absolute Gasteiger partial charge is 0.456 e. The van der Waals surface area contributed by atoms with Gasteiger partial charge >= 0.3 is 0 Å². The molecule has 0 amide bonds. The van der Waals surface area contributed by atoms with E-state index in [1.807, 2.05) is 72.8 Å². The highest BCUT2D eigenvalue weighted by atomic mass is 16.3. The lowest BCUT2D eigenvalue weighted by Crippen LogP contribution is -1.91. The van der Waals surface area contributed by atoms with Gasteiger partial charge < -0.3 is 4.42 Å². The molecule has 0 radical (unpaired) electrons. The highest BCUT2D eigenvalue weighted by molar-refractivity contribution is 6.24. The Bertz CT molecular complexity index is 3980. The lowest BCUT2D eigenvalue weighted by molar-refractivity contribution is 0.669. The van der Waals surface area contributed by atoms with Gasteiger partial charge in [0.15, 0.2) is 0 Å². The summed E-state index contributed by atoms with van der Waals surface area (Å²) in [4.78, 5) is 0. The van der Waals surface area contributed by atoms with Gasteiger partial charge in [-0.1, -0.05) is 151 Å². The molecule has 0 bridgehead atoms. The van der Waals surface area contributed by atoms with E-state index in [0.29, 0.717) is 16.5 Å². The highest BCUT2D eigenvalue weighted by Crippen LogP contribution is 2.45. The molecule has 51 heavy (non-hydrogen) atoms. The summed E-state index contributed by atoms with van der Waals surface area (Å²) in [5.41, 5.74) is 2.67. The minimum Gasteiger partial charge on any atom is -0.456 e. The second kappa shape index (κ2) is 10.9. The predicted molar refractivity (Wildman–Crippen MR) is 218 cm³/mol. The van der Waals surface area contributed by atoms with Crippen LogP contribution in [0.5, 0.6) is 0 Å². The van der Waals surface area contributed by atoms with Gasteiger partial charge in [-0.3, -0.25) is 0 Å². The van der Waals surface area contributed by atoms with E-state index in [1.54, 1.807) is 12.1 Å². The third-order valence-corrected chi connectivity index (χ3v) is 9.70. The molecule has 0 spiro atoms. The van der Waals surface area contributed by atoms with E-state index in [4.69, 9.17) is 16.8 Å². The molecule has 1 nitrogen and oxygen atoms in total.